The third-order valence-electron chi connectivity index (χ3n) is 2.21. The highest BCUT2D eigenvalue weighted by molar-refractivity contribution is 6.36. The minimum absolute atomic E-state index is 0.0903. The molecule has 74 valence electrons. The van der Waals surface area contributed by atoms with E-state index in [2.05, 4.69) is 0 Å². The molecule has 0 aliphatic carbocycles. The lowest BCUT2D eigenvalue weighted by molar-refractivity contribution is 0.0788. The summed E-state index contributed by atoms with van der Waals surface area (Å²) < 4.78 is 5.13. The van der Waals surface area contributed by atoms with Gasteiger partial charge in [0, 0.05) is 10.6 Å². The van der Waals surface area contributed by atoms with E-state index in [0.29, 0.717) is 28.6 Å². The van der Waals surface area contributed by atoms with E-state index in [-0.39, 0.29) is 12.4 Å². The summed E-state index contributed by atoms with van der Waals surface area (Å²) in [7, 11) is 0. The lowest BCUT2D eigenvalue weighted by Crippen LogP contribution is -2.07. The largest absolute Gasteiger partial charge is 0.373 e. The number of hydrogen-bond donors (Lipinski definition) is 0. The van der Waals surface area contributed by atoms with Crippen LogP contribution in [0.4, 0.5) is 0 Å². The number of halogens is 2. The zero-order valence-electron chi connectivity index (χ0n) is 7.35. The Morgan fingerprint density at radius 1 is 1.21 bits per heavy atom. The van der Waals surface area contributed by atoms with Gasteiger partial charge in [-0.2, -0.15) is 0 Å². The van der Waals surface area contributed by atoms with Crippen LogP contribution in [-0.4, -0.2) is 19.0 Å². The number of benzene rings is 1. The van der Waals surface area contributed by atoms with Crippen molar-refractivity contribution in [3.05, 3.63) is 33.3 Å². The molecule has 0 bridgehead atoms. The fraction of sp³-hybridized carbons (Fsp3) is 0.300. The minimum Gasteiger partial charge on any atom is -0.373 e. The summed E-state index contributed by atoms with van der Waals surface area (Å²) in [5.41, 5.74) is 1.33. The van der Waals surface area contributed by atoms with E-state index in [1.807, 2.05) is 0 Å². The number of ketones is 1. The van der Waals surface area contributed by atoms with E-state index in [9.17, 15) is 4.79 Å². The number of Topliss-reactive ketones (excluding diaryl/α,β-unsaturated/α-hetero) is 1. The van der Waals surface area contributed by atoms with Crippen LogP contribution < -0.4 is 0 Å². The summed E-state index contributed by atoms with van der Waals surface area (Å²) in [6.07, 6.45) is 0.639. The molecular weight excluding hydrogens is 223 g/mol. The highest BCUT2D eigenvalue weighted by atomic mass is 35.5. The van der Waals surface area contributed by atoms with E-state index in [4.69, 9.17) is 27.9 Å². The number of fused-ring (bicyclic) bond motifs is 1. The van der Waals surface area contributed by atoms with Crippen LogP contribution in [0.2, 0.25) is 10.0 Å². The van der Waals surface area contributed by atoms with Crippen LogP contribution in [-0.2, 0) is 11.2 Å². The minimum atomic E-state index is -0.0926. The van der Waals surface area contributed by atoms with Crippen LogP contribution in [0, 0.1) is 0 Å². The average molecular weight is 231 g/mol. The zero-order valence-corrected chi connectivity index (χ0v) is 8.86. The first-order valence-electron chi connectivity index (χ1n) is 4.28. The van der Waals surface area contributed by atoms with Gasteiger partial charge >= 0.3 is 0 Å². The summed E-state index contributed by atoms with van der Waals surface area (Å²) in [6, 6.07) is 3.35. The fourth-order valence-electron chi connectivity index (χ4n) is 1.55. The molecule has 1 aliphatic heterocycles. The lowest BCUT2D eigenvalue weighted by Gasteiger charge is -2.07. The molecule has 1 aromatic carbocycles. The maximum atomic E-state index is 11.6. The Morgan fingerprint density at radius 3 is 2.71 bits per heavy atom. The van der Waals surface area contributed by atoms with Crippen LogP contribution in [0.1, 0.15) is 15.9 Å². The molecule has 4 heteroatoms. The van der Waals surface area contributed by atoms with Gasteiger partial charge in [0.2, 0.25) is 0 Å². The molecule has 1 heterocycles. The van der Waals surface area contributed by atoms with Crippen LogP contribution in [0.15, 0.2) is 12.1 Å². The fourth-order valence-corrected chi connectivity index (χ4v) is 2.09. The molecule has 2 nitrogen and oxygen atoms in total. The van der Waals surface area contributed by atoms with E-state index in [0.717, 1.165) is 5.56 Å². The second kappa shape index (κ2) is 3.89. The SMILES string of the molecule is O=C1COCCc2c(Cl)ccc(Cl)c21. The molecule has 0 aromatic heterocycles. The van der Waals surface area contributed by atoms with Gasteiger partial charge in [0.05, 0.1) is 11.6 Å². The summed E-state index contributed by atoms with van der Waals surface area (Å²) in [5.74, 6) is -0.0926. The first-order valence-corrected chi connectivity index (χ1v) is 5.03. The van der Waals surface area contributed by atoms with Gasteiger partial charge in [-0.1, -0.05) is 23.2 Å². The van der Waals surface area contributed by atoms with Crippen molar-refractivity contribution in [3.8, 4) is 0 Å². The third kappa shape index (κ3) is 1.65. The normalized spacial score (nSPS) is 16.3. The van der Waals surface area contributed by atoms with Gasteiger partial charge in [-0.25, -0.2) is 0 Å². The third-order valence-corrected chi connectivity index (χ3v) is 2.88. The molecule has 0 amide bonds. The van der Waals surface area contributed by atoms with Gasteiger partial charge < -0.3 is 4.74 Å². The van der Waals surface area contributed by atoms with E-state index in [1.165, 1.54) is 0 Å². The summed E-state index contributed by atoms with van der Waals surface area (Å²) in [6.45, 7) is 0.603. The van der Waals surface area contributed by atoms with Crippen molar-refractivity contribution in [1.82, 2.24) is 0 Å². The monoisotopic (exact) mass is 230 g/mol. The number of rotatable bonds is 0. The predicted molar refractivity (Wildman–Crippen MR) is 55.3 cm³/mol. The van der Waals surface area contributed by atoms with Crippen molar-refractivity contribution in [2.45, 2.75) is 6.42 Å². The molecule has 0 atom stereocenters. The highest BCUT2D eigenvalue weighted by Gasteiger charge is 2.20. The molecule has 0 saturated heterocycles. The van der Waals surface area contributed by atoms with Crippen molar-refractivity contribution in [3.63, 3.8) is 0 Å². The first kappa shape index (κ1) is 9.97. The lowest BCUT2D eigenvalue weighted by atomic mass is 10.0. The molecule has 0 spiro atoms. The van der Waals surface area contributed by atoms with Crippen LogP contribution in [0.3, 0.4) is 0 Å². The molecule has 0 unspecified atom stereocenters. The Balaban J connectivity index is 2.62. The molecule has 1 aliphatic rings. The Bertz CT molecular complexity index is 388. The topological polar surface area (TPSA) is 26.3 Å². The Labute approximate surface area is 91.8 Å². The summed E-state index contributed by atoms with van der Waals surface area (Å²) >= 11 is 11.9. The van der Waals surface area contributed by atoms with Gasteiger partial charge in [-0.3, -0.25) is 4.79 Å². The maximum Gasteiger partial charge on any atom is 0.190 e. The van der Waals surface area contributed by atoms with Gasteiger partial charge in [0.25, 0.3) is 0 Å². The average Bonchev–Trinajstić information content (AvgIpc) is 2.35. The molecule has 1 aromatic rings. The number of carbonyl (C=O) groups is 1. The quantitative estimate of drug-likeness (QED) is 0.686. The zero-order chi connectivity index (χ0) is 10.1. The smallest absolute Gasteiger partial charge is 0.190 e. The van der Waals surface area contributed by atoms with Crippen molar-refractivity contribution >= 4 is 29.0 Å². The number of ether oxygens (including phenoxy) is 1. The van der Waals surface area contributed by atoms with E-state index >= 15 is 0 Å². The Hall–Kier alpha value is -0.570. The molecule has 0 fully saturated rings. The second-order valence-electron chi connectivity index (χ2n) is 3.11. The summed E-state index contributed by atoms with van der Waals surface area (Å²) in [4.78, 5) is 11.6. The van der Waals surface area contributed by atoms with E-state index < -0.39 is 0 Å². The van der Waals surface area contributed by atoms with Gasteiger partial charge in [-0.05, 0) is 24.1 Å². The summed E-state index contributed by atoms with van der Waals surface area (Å²) in [5, 5.41) is 1.04. The second-order valence-corrected chi connectivity index (χ2v) is 3.92. The first-order chi connectivity index (χ1) is 6.70. The van der Waals surface area contributed by atoms with Gasteiger partial charge in [0.15, 0.2) is 5.78 Å². The predicted octanol–water partition coefficient (Wildman–Crippen LogP) is 2.75. The molecular formula is C10H8Cl2O2. The molecule has 2 rings (SSSR count). The van der Waals surface area contributed by atoms with Gasteiger partial charge in [0.1, 0.15) is 6.61 Å². The van der Waals surface area contributed by atoms with Gasteiger partial charge in [-0.15, -0.1) is 0 Å². The molecule has 14 heavy (non-hydrogen) atoms. The maximum absolute atomic E-state index is 11.6. The molecule has 0 radical (unpaired) electrons. The Kier molecular flexibility index (Phi) is 2.77. The Morgan fingerprint density at radius 2 is 1.93 bits per heavy atom. The standard InChI is InChI=1S/C10H8Cl2O2/c11-7-1-2-8(12)10-6(7)3-4-14-5-9(10)13/h1-2H,3-5H2. The van der Waals surface area contributed by atoms with Crippen LogP contribution in [0.25, 0.3) is 0 Å². The van der Waals surface area contributed by atoms with Crippen molar-refractivity contribution in [2.24, 2.45) is 0 Å². The van der Waals surface area contributed by atoms with Crippen molar-refractivity contribution < 1.29 is 9.53 Å². The van der Waals surface area contributed by atoms with Crippen molar-refractivity contribution in [1.29, 1.82) is 0 Å². The van der Waals surface area contributed by atoms with E-state index in [1.54, 1.807) is 12.1 Å². The molecule has 0 N–H and O–H groups in total. The van der Waals surface area contributed by atoms with Crippen LogP contribution in [0.5, 0.6) is 0 Å². The number of carbonyl (C=O) groups excluding carboxylic acids is 1. The number of hydrogen-bond acceptors (Lipinski definition) is 2. The van der Waals surface area contributed by atoms with Crippen molar-refractivity contribution in [2.75, 3.05) is 13.2 Å². The highest BCUT2D eigenvalue weighted by Crippen LogP contribution is 2.29. The molecule has 0 saturated carbocycles. The van der Waals surface area contributed by atoms with Crippen LogP contribution >= 0.6 is 23.2 Å².